The monoisotopic (exact) mass is 366 g/mol. The molecule has 84 valence electrons. The van der Waals surface area contributed by atoms with Crippen molar-refractivity contribution in [3.63, 3.8) is 0 Å². The number of halogens is 2. The van der Waals surface area contributed by atoms with Gasteiger partial charge in [0.05, 0.1) is 7.57 Å². The fourth-order valence-corrected chi connectivity index (χ4v) is 4.90. The molecular formula is C14H8Br2S. The number of hydrogen-bond donors (Lipinski definition) is 0. The van der Waals surface area contributed by atoms with Crippen LogP contribution in [0, 0.1) is 0 Å². The van der Waals surface area contributed by atoms with Crippen LogP contribution < -0.4 is 0 Å². The van der Waals surface area contributed by atoms with Gasteiger partial charge < -0.3 is 0 Å². The highest BCUT2D eigenvalue weighted by atomic mass is 79.9. The lowest BCUT2D eigenvalue weighted by Crippen LogP contribution is -1.76. The lowest BCUT2D eigenvalue weighted by molar-refractivity contribution is 1.65. The van der Waals surface area contributed by atoms with Gasteiger partial charge >= 0.3 is 0 Å². The van der Waals surface area contributed by atoms with Gasteiger partial charge in [-0.15, -0.1) is 11.3 Å². The first-order chi connectivity index (χ1) is 8.25. The van der Waals surface area contributed by atoms with Crippen LogP contribution >= 0.6 is 43.2 Å². The lowest BCUT2D eigenvalue weighted by Gasteiger charge is -2.02. The molecule has 3 heteroatoms. The maximum Gasteiger partial charge on any atom is 0.0789 e. The predicted octanol–water partition coefficient (Wildman–Crippen LogP) is 6.09. The predicted molar refractivity (Wildman–Crippen MR) is 82.7 cm³/mol. The Morgan fingerprint density at radius 1 is 0.706 bits per heavy atom. The van der Waals surface area contributed by atoms with Gasteiger partial charge in [-0.3, -0.25) is 0 Å². The van der Waals surface area contributed by atoms with Crippen molar-refractivity contribution in [2.75, 3.05) is 0 Å². The zero-order chi connectivity index (χ0) is 11.8. The maximum atomic E-state index is 3.61. The Labute approximate surface area is 121 Å². The molecule has 17 heavy (non-hydrogen) atoms. The van der Waals surface area contributed by atoms with Crippen molar-refractivity contribution in [3.05, 3.63) is 56.1 Å². The number of thiophene rings is 1. The van der Waals surface area contributed by atoms with Crippen LogP contribution in [0.15, 0.2) is 56.1 Å². The summed E-state index contributed by atoms with van der Waals surface area (Å²) < 4.78 is 2.36. The molecule has 0 fully saturated rings. The summed E-state index contributed by atoms with van der Waals surface area (Å²) in [6, 6.07) is 17.0. The molecule has 0 saturated carbocycles. The van der Waals surface area contributed by atoms with Crippen molar-refractivity contribution in [1.82, 2.24) is 0 Å². The number of benzene rings is 2. The first-order valence-electron chi connectivity index (χ1n) is 5.18. The number of hydrogen-bond acceptors (Lipinski definition) is 1. The fourth-order valence-electron chi connectivity index (χ4n) is 1.88. The molecule has 0 nitrogen and oxygen atoms in total. The third-order valence-corrected chi connectivity index (χ3v) is 5.35. The Hall–Kier alpha value is -0.640. The van der Waals surface area contributed by atoms with E-state index in [4.69, 9.17) is 0 Å². The highest BCUT2D eigenvalue weighted by Crippen LogP contribution is 2.40. The van der Waals surface area contributed by atoms with E-state index in [-0.39, 0.29) is 0 Å². The lowest BCUT2D eigenvalue weighted by atomic mass is 10.0. The molecule has 0 bridgehead atoms. The van der Waals surface area contributed by atoms with Gasteiger partial charge in [-0.25, -0.2) is 0 Å². The molecule has 3 aromatic rings. The summed E-state index contributed by atoms with van der Waals surface area (Å²) in [5, 5.41) is 2.53. The number of fused-ring (bicyclic) bond motifs is 1. The fraction of sp³-hybridized carbons (Fsp3) is 0. The molecule has 0 saturated heterocycles. The van der Waals surface area contributed by atoms with E-state index < -0.39 is 0 Å². The Morgan fingerprint density at radius 3 is 2.18 bits per heavy atom. The summed E-state index contributed by atoms with van der Waals surface area (Å²) in [4.78, 5) is 0. The second-order valence-electron chi connectivity index (χ2n) is 3.78. The molecule has 2 aromatic carbocycles. The smallest absolute Gasteiger partial charge is 0.0789 e. The molecule has 0 aliphatic carbocycles. The van der Waals surface area contributed by atoms with Gasteiger partial charge in [0.15, 0.2) is 0 Å². The van der Waals surface area contributed by atoms with Gasteiger partial charge in [-0.05, 0) is 49.1 Å². The first kappa shape index (κ1) is 11.5. The third-order valence-electron chi connectivity index (χ3n) is 2.73. The molecule has 0 spiro atoms. The van der Waals surface area contributed by atoms with Gasteiger partial charge in [-0.2, -0.15) is 0 Å². The summed E-state index contributed by atoms with van der Waals surface area (Å²) >= 11 is 8.92. The molecule has 3 rings (SSSR count). The Bertz CT molecular complexity index is 671. The summed E-state index contributed by atoms with van der Waals surface area (Å²) in [5.41, 5.74) is 2.51. The van der Waals surface area contributed by atoms with Gasteiger partial charge in [0.1, 0.15) is 0 Å². The molecule has 0 radical (unpaired) electrons. The van der Waals surface area contributed by atoms with Gasteiger partial charge in [0.2, 0.25) is 0 Å². The van der Waals surface area contributed by atoms with Crippen molar-refractivity contribution in [2.45, 2.75) is 0 Å². The van der Waals surface area contributed by atoms with Gasteiger partial charge in [0.25, 0.3) is 0 Å². The van der Waals surface area contributed by atoms with Crippen LogP contribution in [0.2, 0.25) is 0 Å². The Kier molecular flexibility index (Phi) is 3.07. The minimum absolute atomic E-state index is 1.18. The van der Waals surface area contributed by atoms with E-state index >= 15 is 0 Å². The van der Waals surface area contributed by atoms with Crippen molar-refractivity contribution < 1.29 is 0 Å². The van der Waals surface area contributed by atoms with Gasteiger partial charge in [0, 0.05) is 10.8 Å². The molecule has 0 aliphatic heterocycles. The molecule has 0 aliphatic rings. The second kappa shape index (κ2) is 4.56. The van der Waals surface area contributed by atoms with Crippen LogP contribution in [0.4, 0.5) is 0 Å². The summed E-state index contributed by atoms with van der Waals surface area (Å²) in [5.74, 6) is 0. The molecule has 1 heterocycles. The maximum absolute atomic E-state index is 3.61. The molecule has 0 atom stereocenters. The normalized spacial score (nSPS) is 10.9. The standard InChI is InChI=1S/C14H8Br2S/c15-13-11-7-6-10(8-12(11)14(16)17-13)9-4-2-1-3-5-9/h1-8H. The van der Waals surface area contributed by atoms with Crippen molar-refractivity contribution >= 4 is 54.0 Å². The van der Waals surface area contributed by atoms with Crippen LogP contribution in [-0.2, 0) is 0 Å². The van der Waals surface area contributed by atoms with Crippen LogP contribution in [0.1, 0.15) is 0 Å². The Balaban J connectivity index is 2.24. The minimum Gasteiger partial charge on any atom is -0.120 e. The topological polar surface area (TPSA) is 0 Å². The highest BCUT2D eigenvalue weighted by molar-refractivity contribution is 9.12. The molecule has 1 aromatic heterocycles. The van der Waals surface area contributed by atoms with Gasteiger partial charge in [-0.1, -0.05) is 42.5 Å². The van der Waals surface area contributed by atoms with E-state index in [1.165, 1.54) is 29.5 Å². The number of rotatable bonds is 1. The van der Waals surface area contributed by atoms with E-state index in [0.717, 1.165) is 0 Å². The quantitative estimate of drug-likeness (QED) is 0.487. The van der Waals surface area contributed by atoms with Crippen LogP contribution in [0.25, 0.3) is 21.9 Å². The molecule has 0 unspecified atom stereocenters. The average Bonchev–Trinajstić information content (AvgIpc) is 2.66. The second-order valence-corrected chi connectivity index (χ2v) is 7.43. The SMILES string of the molecule is Brc1sc(Br)c2cc(-c3ccccc3)ccc12. The van der Waals surface area contributed by atoms with Crippen LogP contribution in [-0.4, -0.2) is 0 Å². The van der Waals surface area contributed by atoms with E-state index in [2.05, 4.69) is 74.3 Å². The largest absolute Gasteiger partial charge is 0.120 e. The minimum atomic E-state index is 1.18. The summed E-state index contributed by atoms with van der Waals surface area (Å²) in [6.45, 7) is 0. The van der Waals surface area contributed by atoms with Crippen LogP contribution in [0.3, 0.4) is 0 Å². The third kappa shape index (κ3) is 2.07. The molecule has 0 amide bonds. The summed E-state index contributed by atoms with van der Waals surface area (Å²) in [7, 11) is 0. The van der Waals surface area contributed by atoms with Crippen molar-refractivity contribution in [1.29, 1.82) is 0 Å². The van der Waals surface area contributed by atoms with Crippen molar-refractivity contribution in [2.24, 2.45) is 0 Å². The Morgan fingerprint density at radius 2 is 1.41 bits per heavy atom. The first-order valence-corrected chi connectivity index (χ1v) is 7.59. The van der Waals surface area contributed by atoms with E-state index in [1.54, 1.807) is 11.3 Å². The zero-order valence-corrected chi connectivity index (χ0v) is 12.8. The summed E-state index contributed by atoms with van der Waals surface area (Å²) in [6.07, 6.45) is 0. The van der Waals surface area contributed by atoms with E-state index in [0.29, 0.717) is 0 Å². The highest BCUT2D eigenvalue weighted by Gasteiger charge is 2.08. The zero-order valence-electron chi connectivity index (χ0n) is 8.78. The van der Waals surface area contributed by atoms with E-state index in [1.807, 2.05) is 6.07 Å². The van der Waals surface area contributed by atoms with Crippen molar-refractivity contribution in [3.8, 4) is 11.1 Å². The average molecular weight is 368 g/mol. The molecular weight excluding hydrogens is 360 g/mol. The van der Waals surface area contributed by atoms with Crippen LogP contribution in [0.5, 0.6) is 0 Å². The molecule has 0 N–H and O–H groups in total. The van der Waals surface area contributed by atoms with E-state index in [9.17, 15) is 0 Å².